The zero-order valence-corrected chi connectivity index (χ0v) is 8.62. The van der Waals surface area contributed by atoms with Crippen LogP contribution in [0.25, 0.3) is 0 Å². The SMILES string of the molecule is CCOC(=O)Cc1cc(OC)cnc1F. The highest BCUT2D eigenvalue weighted by molar-refractivity contribution is 5.72. The molecule has 0 radical (unpaired) electrons. The van der Waals surface area contributed by atoms with Crippen LogP contribution in [0.1, 0.15) is 12.5 Å². The van der Waals surface area contributed by atoms with Crippen LogP contribution in [0.3, 0.4) is 0 Å². The number of hydrogen-bond acceptors (Lipinski definition) is 4. The molecule has 0 aliphatic rings. The van der Waals surface area contributed by atoms with Crippen LogP contribution >= 0.6 is 0 Å². The lowest BCUT2D eigenvalue weighted by Crippen LogP contribution is -2.09. The second-order valence-corrected chi connectivity index (χ2v) is 2.81. The second-order valence-electron chi connectivity index (χ2n) is 2.81. The molecule has 1 aromatic rings. The minimum Gasteiger partial charge on any atom is -0.495 e. The molecule has 0 amide bonds. The zero-order chi connectivity index (χ0) is 11.3. The van der Waals surface area contributed by atoms with Gasteiger partial charge < -0.3 is 9.47 Å². The lowest BCUT2D eigenvalue weighted by Gasteiger charge is -2.04. The zero-order valence-electron chi connectivity index (χ0n) is 8.62. The fourth-order valence-electron chi connectivity index (χ4n) is 1.07. The predicted molar refractivity (Wildman–Crippen MR) is 51.1 cm³/mol. The monoisotopic (exact) mass is 213 g/mol. The summed E-state index contributed by atoms with van der Waals surface area (Å²) in [5.41, 5.74) is 0.174. The molecule has 1 heterocycles. The van der Waals surface area contributed by atoms with Crippen molar-refractivity contribution in [1.82, 2.24) is 4.98 Å². The molecule has 1 aromatic heterocycles. The van der Waals surface area contributed by atoms with Crippen LogP contribution in [0.15, 0.2) is 12.3 Å². The quantitative estimate of drug-likeness (QED) is 0.559. The number of esters is 1. The summed E-state index contributed by atoms with van der Waals surface area (Å²) in [5, 5.41) is 0. The molecule has 0 bridgehead atoms. The highest BCUT2D eigenvalue weighted by Crippen LogP contribution is 2.14. The van der Waals surface area contributed by atoms with Crippen molar-refractivity contribution in [2.75, 3.05) is 13.7 Å². The van der Waals surface area contributed by atoms with E-state index in [4.69, 9.17) is 9.47 Å². The van der Waals surface area contributed by atoms with E-state index in [1.54, 1.807) is 6.92 Å². The number of nitrogens with zero attached hydrogens (tertiary/aromatic N) is 1. The van der Waals surface area contributed by atoms with Crippen molar-refractivity contribution < 1.29 is 18.7 Å². The highest BCUT2D eigenvalue weighted by Gasteiger charge is 2.11. The molecular weight excluding hydrogens is 201 g/mol. The summed E-state index contributed by atoms with van der Waals surface area (Å²) in [6.07, 6.45) is 1.12. The minimum atomic E-state index is -0.677. The van der Waals surface area contributed by atoms with Gasteiger partial charge in [-0.1, -0.05) is 0 Å². The lowest BCUT2D eigenvalue weighted by molar-refractivity contribution is -0.142. The summed E-state index contributed by atoms with van der Waals surface area (Å²) >= 11 is 0. The molecule has 4 nitrogen and oxygen atoms in total. The van der Waals surface area contributed by atoms with E-state index in [9.17, 15) is 9.18 Å². The average molecular weight is 213 g/mol. The van der Waals surface area contributed by atoms with Crippen molar-refractivity contribution in [2.24, 2.45) is 0 Å². The van der Waals surface area contributed by atoms with Crippen molar-refractivity contribution in [2.45, 2.75) is 13.3 Å². The number of ether oxygens (including phenoxy) is 2. The third-order valence-corrected chi connectivity index (χ3v) is 1.76. The Morgan fingerprint density at radius 1 is 1.60 bits per heavy atom. The standard InChI is InChI=1S/C10H12FNO3/c1-3-15-9(13)5-7-4-8(14-2)6-12-10(7)11/h4,6H,3,5H2,1-2H3. The van der Waals surface area contributed by atoms with Crippen molar-refractivity contribution in [1.29, 1.82) is 0 Å². The summed E-state index contributed by atoms with van der Waals surface area (Å²) < 4.78 is 22.7. The Labute approximate surface area is 87.0 Å². The molecule has 0 saturated carbocycles. The van der Waals surface area contributed by atoms with Gasteiger partial charge in [0.15, 0.2) is 0 Å². The van der Waals surface area contributed by atoms with E-state index in [1.165, 1.54) is 19.4 Å². The number of methoxy groups -OCH3 is 1. The van der Waals surface area contributed by atoms with Gasteiger partial charge in [0.25, 0.3) is 0 Å². The first kappa shape index (κ1) is 11.4. The molecule has 0 saturated heterocycles. The molecule has 0 aliphatic carbocycles. The molecule has 82 valence electrons. The van der Waals surface area contributed by atoms with Gasteiger partial charge in [-0.2, -0.15) is 4.39 Å². The van der Waals surface area contributed by atoms with Crippen molar-refractivity contribution >= 4 is 5.97 Å². The second kappa shape index (κ2) is 5.29. The molecule has 0 aromatic carbocycles. The molecule has 0 aliphatic heterocycles. The van der Waals surface area contributed by atoms with Crippen LogP contribution < -0.4 is 4.74 Å². The largest absolute Gasteiger partial charge is 0.495 e. The van der Waals surface area contributed by atoms with E-state index in [0.717, 1.165) is 0 Å². The smallest absolute Gasteiger partial charge is 0.310 e. The number of rotatable bonds is 4. The first-order chi connectivity index (χ1) is 7.17. The Hall–Kier alpha value is -1.65. The van der Waals surface area contributed by atoms with E-state index >= 15 is 0 Å². The Bertz CT molecular complexity index is 355. The summed E-state index contributed by atoms with van der Waals surface area (Å²) in [7, 11) is 1.45. The normalized spacial score (nSPS) is 9.80. The molecular formula is C10H12FNO3. The molecule has 0 unspecified atom stereocenters. The van der Waals surface area contributed by atoms with Crippen LogP contribution in [0.5, 0.6) is 5.75 Å². The highest BCUT2D eigenvalue weighted by atomic mass is 19.1. The fraction of sp³-hybridized carbons (Fsp3) is 0.400. The van der Waals surface area contributed by atoms with Gasteiger partial charge in [-0.3, -0.25) is 4.79 Å². The number of pyridine rings is 1. The molecule has 0 atom stereocenters. The van der Waals surface area contributed by atoms with E-state index in [-0.39, 0.29) is 18.6 Å². The molecule has 15 heavy (non-hydrogen) atoms. The molecule has 5 heteroatoms. The van der Waals surface area contributed by atoms with Crippen molar-refractivity contribution in [3.63, 3.8) is 0 Å². The van der Waals surface area contributed by atoms with Gasteiger partial charge in [0.2, 0.25) is 5.95 Å². The molecule has 0 fully saturated rings. The number of halogens is 1. The van der Waals surface area contributed by atoms with E-state index in [2.05, 4.69) is 4.98 Å². The molecule has 0 spiro atoms. The Morgan fingerprint density at radius 3 is 2.93 bits per heavy atom. The average Bonchev–Trinajstić information content (AvgIpc) is 2.21. The summed E-state index contributed by atoms with van der Waals surface area (Å²) in [6.45, 7) is 1.97. The van der Waals surface area contributed by atoms with Crippen LogP contribution in [0.4, 0.5) is 4.39 Å². The minimum absolute atomic E-state index is 0.135. The summed E-state index contributed by atoms with van der Waals surface area (Å²) in [4.78, 5) is 14.6. The summed E-state index contributed by atoms with van der Waals surface area (Å²) in [6, 6.07) is 1.43. The number of carbonyl (C=O) groups is 1. The topological polar surface area (TPSA) is 48.4 Å². The van der Waals surface area contributed by atoms with Crippen LogP contribution in [-0.4, -0.2) is 24.7 Å². The Balaban J connectivity index is 2.79. The van der Waals surface area contributed by atoms with Gasteiger partial charge in [0, 0.05) is 5.56 Å². The molecule has 0 N–H and O–H groups in total. The first-order valence-electron chi connectivity index (χ1n) is 4.51. The van der Waals surface area contributed by atoms with E-state index in [1.807, 2.05) is 0 Å². The maximum Gasteiger partial charge on any atom is 0.310 e. The van der Waals surface area contributed by atoms with Gasteiger partial charge in [-0.05, 0) is 13.0 Å². The summed E-state index contributed by atoms with van der Waals surface area (Å²) in [5.74, 6) is -0.744. The van der Waals surface area contributed by atoms with Gasteiger partial charge in [0.05, 0.1) is 26.3 Å². The van der Waals surface area contributed by atoms with E-state index < -0.39 is 11.9 Å². The maximum atomic E-state index is 13.1. The third-order valence-electron chi connectivity index (χ3n) is 1.76. The van der Waals surface area contributed by atoms with Crippen molar-refractivity contribution in [3.8, 4) is 5.75 Å². The van der Waals surface area contributed by atoms with Crippen LogP contribution in [0.2, 0.25) is 0 Å². The number of carbonyl (C=O) groups excluding carboxylic acids is 1. The van der Waals surface area contributed by atoms with Gasteiger partial charge in [-0.15, -0.1) is 0 Å². The van der Waals surface area contributed by atoms with Crippen molar-refractivity contribution in [3.05, 3.63) is 23.8 Å². The fourth-order valence-corrected chi connectivity index (χ4v) is 1.07. The number of aromatic nitrogens is 1. The predicted octanol–water partition coefficient (Wildman–Crippen LogP) is 1.33. The maximum absolute atomic E-state index is 13.1. The van der Waals surface area contributed by atoms with Gasteiger partial charge in [-0.25, -0.2) is 4.98 Å². The Kier molecular flexibility index (Phi) is 4.03. The van der Waals surface area contributed by atoms with Crippen LogP contribution in [0, 0.1) is 5.95 Å². The third kappa shape index (κ3) is 3.19. The van der Waals surface area contributed by atoms with Gasteiger partial charge in [0.1, 0.15) is 5.75 Å². The van der Waals surface area contributed by atoms with E-state index in [0.29, 0.717) is 5.75 Å². The van der Waals surface area contributed by atoms with Gasteiger partial charge >= 0.3 is 5.97 Å². The first-order valence-corrected chi connectivity index (χ1v) is 4.51. The van der Waals surface area contributed by atoms with Crippen LogP contribution in [-0.2, 0) is 16.0 Å². The lowest BCUT2D eigenvalue weighted by atomic mass is 10.2. The Morgan fingerprint density at radius 2 is 2.33 bits per heavy atom. The number of hydrogen-bond donors (Lipinski definition) is 0. The molecule has 1 rings (SSSR count).